The van der Waals surface area contributed by atoms with Crippen LogP contribution in [0.4, 0.5) is 5.82 Å². The van der Waals surface area contributed by atoms with Crippen molar-refractivity contribution >= 4 is 34.8 Å². The van der Waals surface area contributed by atoms with Crippen molar-refractivity contribution in [2.45, 2.75) is 6.42 Å². The maximum Gasteiger partial charge on any atom is 0.172 e. The summed E-state index contributed by atoms with van der Waals surface area (Å²) in [5.41, 5.74) is 6.60. The first kappa shape index (κ1) is 12.0. The van der Waals surface area contributed by atoms with E-state index in [2.05, 4.69) is 10.2 Å². The number of anilines is 1. The Morgan fingerprint density at radius 2 is 2.18 bits per heavy atom. The van der Waals surface area contributed by atoms with Crippen LogP contribution in [0.1, 0.15) is 15.9 Å². The quantitative estimate of drug-likeness (QED) is 0.842. The molecule has 6 heteroatoms. The Morgan fingerprint density at radius 1 is 1.41 bits per heavy atom. The number of halogens is 2. The number of H-pyrrole nitrogens is 1. The lowest BCUT2D eigenvalue weighted by Gasteiger charge is -2.04. The lowest BCUT2D eigenvalue weighted by Crippen LogP contribution is -2.05. The van der Waals surface area contributed by atoms with Gasteiger partial charge < -0.3 is 5.73 Å². The summed E-state index contributed by atoms with van der Waals surface area (Å²) >= 11 is 11.9. The van der Waals surface area contributed by atoms with Gasteiger partial charge in [0.25, 0.3) is 0 Å². The highest BCUT2D eigenvalue weighted by molar-refractivity contribution is 6.42. The van der Waals surface area contributed by atoms with Crippen molar-refractivity contribution in [3.05, 3.63) is 45.6 Å². The van der Waals surface area contributed by atoms with E-state index in [1.807, 2.05) is 0 Å². The SMILES string of the molecule is Nc1[nH]ncc1C(=O)Cc1cccc(Cl)c1Cl. The lowest BCUT2D eigenvalue weighted by molar-refractivity contribution is 0.0994. The Bertz CT molecular complexity index is 566. The number of carbonyl (C=O) groups excluding carboxylic acids is 1. The van der Waals surface area contributed by atoms with E-state index in [1.165, 1.54) is 6.20 Å². The van der Waals surface area contributed by atoms with E-state index in [0.717, 1.165) is 0 Å². The summed E-state index contributed by atoms with van der Waals surface area (Å²) in [4.78, 5) is 11.9. The van der Waals surface area contributed by atoms with E-state index in [9.17, 15) is 4.79 Å². The van der Waals surface area contributed by atoms with Crippen molar-refractivity contribution in [3.63, 3.8) is 0 Å². The Labute approximate surface area is 108 Å². The molecular weight excluding hydrogens is 261 g/mol. The number of hydrogen-bond donors (Lipinski definition) is 2. The zero-order valence-corrected chi connectivity index (χ0v) is 10.2. The smallest absolute Gasteiger partial charge is 0.172 e. The summed E-state index contributed by atoms with van der Waals surface area (Å²) in [5, 5.41) is 7.02. The van der Waals surface area contributed by atoms with Crippen LogP contribution in [0.25, 0.3) is 0 Å². The van der Waals surface area contributed by atoms with Crippen LogP contribution in [0.5, 0.6) is 0 Å². The van der Waals surface area contributed by atoms with Gasteiger partial charge in [-0.25, -0.2) is 0 Å². The van der Waals surface area contributed by atoms with E-state index in [0.29, 0.717) is 21.2 Å². The predicted octanol–water partition coefficient (Wildman–Crippen LogP) is 2.72. The van der Waals surface area contributed by atoms with Crippen molar-refractivity contribution in [2.75, 3.05) is 5.73 Å². The van der Waals surface area contributed by atoms with Crippen LogP contribution in [0.15, 0.2) is 24.4 Å². The third-order valence-corrected chi connectivity index (χ3v) is 3.21. The molecule has 0 aliphatic heterocycles. The van der Waals surface area contributed by atoms with Crippen molar-refractivity contribution in [1.82, 2.24) is 10.2 Å². The second-order valence-electron chi connectivity index (χ2n) is 3.51. The number of ketones is 1. The molecule has 0 spiro atoms. The van der Waals surface area contributed by atoms with Crippen molar-refractivity contribution in [1.29, 1.82) is 0 Å². The number of benzene rings is 1. The van der Waals surface area contributed by atoms with Crippen LogP contribution < -0.4 is 5.73 Å². The minimum Gasteiger partial charge on any atom is -0.383 e. The summed E-state index contributed by atoms with van der Waals surface area (Å²) in [7, 11) is 0. The van der Waals surface area contributed by atoms with Crippen LogP contribution in [-0.2, 0) is 6.42 Å². The normalized spacial score (nSPS) is 10.5. The van der Waals surface area contributed by atoms with Gasteiger partial charge in [-0.2, -0.15) is 5.10 Å². The highest BCUT2D eigenvalue weighted by Gasteiger charge is 2.14. The Balaban J connectivity index is 2.25. The zero-order chi connectivity index (χ0) is 12.4. The molecule has 17 heavy (non-hydrogen) atoms. The molecule has 0 aliphatic rings. The summed E-state index contributed by atoms with van der Waals surface area (Å²) < 4.78 is 0. The van der Waals surface area contributed by atoms with Gasteiger partial charge in [0.2, 0.25) is 0 Å². The summed E-state index contributed by atoms with van der Waals surface area (Å²) in [6.45, 7) is 0. The summed E-state index contributed by atoms with van der Waals surface area (Å²) in [5.74, 6) is 0.105. The van der Waals surface area contributed by atoms with Crippen LogP contribution in [0.3, 0.4) is 0 Å². The number of nitrogen functional groups attached to an aromatic ring is 1. The van der Waals surface area contributed by atoms with Crippen LogP contribution in [-0.4, -0.2) is 16.0 Å². The van der Waals surface area contributed by atoms with Crippen molar-refractivity contribution in [3.8, 4) is 0 Å². The van der Waals surface area contributed by atoms with Gasteiger partial charge in [0.1, 0.15) is 5.82 Å². The zero-order valence-electron chi connectivity index (χ0n) is 8.71. The lowest BCUT2D eigenvalue weighted by atomic mass is 10.1. The summed E-state index contributed by atoms with van der Waals surface area (Å²) in [6.07, 6.45) is 1.54. The minimum absolute atomic E-state index is 0.142. The number of hydrogen-bond acceptors (Lipinski definition) is 3. The molecule has 0 aliphatic carbocycles. The van der Waals surface area contributed by atoms with Gasteiger partial charge in [0.05, 0.1) is 21.8 Å². The summed E-state index contributed by atoms with van der Waals surface area (Å²) in [6, 6.07) is 5.17. The molecule has 2 aromatic rings. The number of nitrogens with two attached hydrogens (primary N) is 1. The van der Waals surface area contributed by atoms with Crippen LogP contribution in [0, 0.1) is 0 Å². The number of aromatic nitrogens is 2. The van der Waals surface area contributed by atoms with Gasteiger partial charge in [0, 0.05) is 6.42 Å². The predicted molar refractivity (Wildman–Crippen MR) is 67.5 cm³/mol. The largest absolute Gasteiger partial charge is 0.383 e. The molecule has 0 saturated carbocycles. The number of nitrogens with one attached hydrogen (secondary N) is 1. The molecule has 88 valence electrons. The third-order valence-electron chi connectivity index (χ3n) is 2.35. The second-order valence-corrected chi connectivity index (χ2v) is 4.30. The monoisotopic (exact) mass is 269 g/mol. The number of carbonyl (C=O) groups is 1. The molecule has 0 saturated heterocycles. The van der Waals surface area contributed by atoms with E-state index < -0.39 is 0 Å². The topological polar surface area (TPSA) is 71.8 Å². The second kappa shape index (κ2) is 4.77. The van der Waals surface area contributed by atoms with Crippen LogP contribution in [0.2, 0.25) is 10.0 Å². The molecule has 1 aromatic carbocycles. The van der Waals surface area contributed by atoms with Crippen molar-refractivity contribution < 1.29 is 4.79 Å². The molecule has 1 heterocycles. The maximum absolute atomic E-state index is 11.9. The molecule has 3 N–H and O–H groups in total. The average molecular weight is 270 g/mol. The number of nitrogens with zero attached hydrogens (tertiary/aromatic N) is 1. The maximum atomic E-state index is 11.9. The average Bonchev–Trinajstić information content (AvgIpc) is 2.71. The van der Waals surface area contributed by atoms with Gasteiger partial charge in [-0.15, -0.1) is 0 Å². The molecule has 0 bridgehead atoms. The molecule has 0 atom stereocenters. The third kappa shape index (κ3) is 2.43. The standard InChI is InChI=1S/C11H9Cl2N3O/c12-8-3-1-2-6(10(8)13)4-9(17)7-5-15-16-11(7)14/h1-3,5H,4H2,(H3,14,15,16). The Hall–Kier alpha value is -1.52. The number of Topliss-reactive ketones (excluding diaryl/α,β-unsaturated/α-hetero) is 1. The van der Waals surface area contributed by atoms with Crippen molar-refractivity contribution in [2.24, 2.45) is 0 Å². The molecule has 1 aromatic heterocycles. The highest BCUT2D eigenvalue weighted by atomic mass is 35.5. The van der Waals surface area contributed by atoms with Gasteiger partial charge in [0.15, 0.2) is 5.78 Å². The van der Waals surface area contributed by atoms with Crippen LogP contribution >= 0.6 is 23.2 Å². The minimum atomic E-state index is -0.152. The first-order valence-electron chi connectivity index (χ1n) is 4.84. The fourth-order valence-corrected chi connectivity index (χ4v) is 1.86. The molecule has 2 rings (SSSR count). The molecule has 0 radical (unpaired) electrons. The molecule has 4 nitrogen and oxygen atoms in total. The van der Waals surface area contributed by atoms with E-state index in [1.54, 1.807) is 18.2 Å². The van der Waals surface area contributed by atoms with E-state index >= 15 is 0 Å². The van der Waals surface area contributed by atoms with Gasteiger partial charge in [-0.1, -0.05) is 35.3 Å². The number of rotatable bonds is 3. The van der Waals surface area contributed by atoms with Gasteiger partial charge in [-0.05, 0) is 11.6 Å². The van der Waals surface area contributed by atoms with Gasteiger partial charge in [-0.3, -0.25) is 9.89 Å². The molecule has 0 amide bonds. The van der Waals surface area contributed by atoms with Gasteiger partial charge >= 0.3 is 0 Å². The Morgan fingerprint density at radius 3 is 2.82 bits per heavy atom. The van der Waals surface area contributed by atoms with E-state index in [4.69, 9.17) is 28.9 Å². The number of aromatic amines is 1. The molecular formula is C11H9Cl2N3O. The fourth-order valence-electron chi connectivity index (χ4n) is 1.47. The molecule has 0 unspecified atom stereocenters. The first-order chi connectivity index (χ1) is 8.09. The Kier molecular flexibility index (Phi) is 3.36. The first-order valence-corrected chi connectivity index (χ1v) is 5.60. The van der Waals surface area contributed by atoms with E-state index in [-0.39, 0.29) is 18.0 Å². The highest BCUT2D eigenvalue weighted by Crippen LogP contribution is 2.26. The molecule has 0 fully saturated rings. The fraction of sp³-hybridized carbons (Fsp3) is 0.0909.